The predicted octanol–water partition coefficient (Wildman–Crippen LogP) is 1.72. The van der Waals surface area contributed by atoms with Crippen molar-refractivity contribution in [3.8, 4) is 0 Å². The highest BCUT2D eigenvalue weighted by Crippen LogP contribution is 2.11. The van der Waals surface area contributed by atoms with Crippen LogP contribution in [0, 0.1) is 0 Å². The average Bonchev–Trinajstić information content (AvgIpc) is 2.02. The second-order valence-corrected chi connectivity index (χ2v) is 4.09. The van der Waals surface area contributed by atoms with Crippen LogP contribution in [0.1, 0.15) is 26.2 Å². The molecule has 1 atom stereocenters. The lowest BCUT2D eigenvalue weighted by molar-refractivity contribution is -0.139. The molecule has 0 heterocycles. The molecule has 0 saturated heterocycles. The number of esters is 1. The van der Waals surface area contributed by atoms with Gasteiger partial charge in [-0.05, 0) is 19.8 Å². The number of hydrogen-bond acceptors (Lipinski definition) is 3. The van der Waals surface area contributed by atoms with Crippen LogP contribution < -0.4 is 0 Å². The summed E-state index contributed by atoms with van der Waals surface area (Å²) < 4.78 is 4.42. The zero-order valence-corrected chi connectivity index (χ0v) is 9.46. The van der Waals surface area contributed by atoms with E-state index in [9.17, 15) is 9.59 Å². The molecule has 0 amide bonds. The maximum absolute atomic E-state index is 10.9. The lowest BCUT2D eigenvalue weighted by Crippen LogP contribution is -2.15. The van der Waals surface area contributed by atoms with Crippen molar-refractivity contribution >= 4 is 34.3 Å². The van der Waals surface area contributed by atoms with Crippen LogP contribution in [0.5, 0.6) is 0 Å². The van der Waals surface area contributed by atoms with E-state index in [-0.39, 0.29) is 15.7 Å². The summed E-state index contributed by atoms with van der Waals surface area (Å²) in [7, 11) is 1.37. The average molecular weight is 284 g/mol. The Balaban J connectivity index is 3.50. The number of carbonyl (C=O) groups excluding carboxylic acids is 2. The van der Waals surface area contributed by atoms with E-state index in [1.54, 1.807) is 6.92 Å². The van der Waals surface area contributed by atoms with E-state index >= 15 is 0 Å². The number of carbonyl (C=O) groups is 2. The molecule has 0 aliphatic carbocycles. The first-order chi connectivity index (χ1) is 5.57. The van der Waals surface area contributed by atoms with Crippen LogP contribution in [0.3, 0.4) is 0 Å². The summed E-state index contributed by atoms with van der Waals surface area (Å²) >= 11 is 2.03. The third kappa shape index (κ3) is 5.51. The van der Waals surface area contributed by atoms with Gasteiger partial charge < -0.3 is 9.53 Å². The molecule has 0 aromatic rings. The van der Waals surface area contributed by atoms with Crippen molar-refractivity contribution in [3.63, 3.8) is 0 Å². The van der Waals surface area contributed by atoms with Crippen molar-refractivity contribution in [3.05, 3.63) is 0 Å². The normalized spacial score (nSPS) is 12.2. The molecule has 0 radical (unpaired) electrons. The van der Waals surface area contributed by atoms with E-state index in [4.69, 9.17) is 0 Å². The van der Waals surface area contributed by atoms with E-state index in [2.05, 4.69) is 4.74 Å². The summed E-state index contributed by atoms with van der Waals surface area (Å²) in [5.74, 6) is -0.0392. The summed E-state index contributed by atoms with van der Waals surface area (Å²) in [6.07, 6.45) is 2.03. The molecule has 70 valence electrons. The Labute approximate surface area is 86.0 Å². The molecule has 3 nitrogen and oxygen atoms in total. The SMILES string of the molecule is COC(=O)C(I)CCCC(C)=O. The quantitative estimate of drug-likeness (QED) is 0.438. The standard InChI is InChI=1S/C8H13IO3/c1-6(10)4-3-5-7(9)8(11)12-2/h7H,3-5H2,1-2H3. The van der Waals surface area contributed by atoms with E-state index in [0.29, 0.717) is 12.8 Å². The fraction of sp³-hybridized carbons (Fsp3) is 0.750. The minimum atomic E-state index is -0.209. The minimum absolute atomic E-state index is 0.119. The number of ether oxygens (including phenoxy) is 1. The first kappa shape index (κ1) is 11.9. The maximum Gasteiger partial charge on any atom is 0.318 e. The number of rotatable bonds is 5. The lowest BCUT2D eigenvalue weighted by Gasteiger charge is -2.05. The van der Waals surface area contributed by atoms with Crippen molar-refractivity contribution < 1.29 is 14.3 Å². The van der Waals surface area contributed by atoms with Gasteiger partial charge in [-0.3, -0.25) is 4.79 Å². The molecule has 0 rings (SSSR count). The van der Waals surface area contributed by atoms with Crippen molar-refractivity contribution in [2.75, 3.05) is 7.11 Å². The molecule has 0 fully saturated rings. The van der Waals surface area contributed by atoms with E-state index < -0.39 is 0 Å². The monoisotopic (exact) mass is 284 g/mol. The molecule has 0 saturated carbocycles. The van der Waals surface area contributed by atoms with Gasteiger partial charge in [0, 0.05) is 6.42 Å². The van der Waals surface area contributed by atoms with Crippen LogP contribution in [-0.4, -0.2) is 22.8 Å². The Morgan fingerprint density at radius 3 is 2.50 bits per heavy atom. The van der Waals surface area contributed by atoms with Gasteiger partial charge in [0.15, 0.2) is 0 Å². The van der Waals surface area contributed by atoms with Gasteiger partial charge >= 0.3 is 5.97 Å². The largest absolute Gasteiger partial charge is 0.468 e. The first-order valence-corrected chi connectivity index (χ1v) is 5.03. The highest BCUT2D eigenvalue weighted by molar-refractivity contribution is 14.1. The van der Waals surface area contributed by atoms with Gasteiger partial charge in [0.25, 0.3) is 0 Å². The molecule has 12 heavy (non-hydrogen) atoms. The van der Waals surface area contributed by atoms with Crippen LogP contribution in [0.25, 0.3) is 0 Å². The van der Waals surface area contributed by atoms with Crippen LogP contribution in [0.15, 0.2) is 0 Å². The molecule has 0 aromatic heterocycles. The summed E-state index contributed by atoms with van der Waals surface area (Å²) in [6, 6.07) is 0. The van der Waals surface area contributed by atoms with Crippen molar-refractivity contribution in [1.29, 1.82) is 0 Å². The maximum atomic E-state index is 10.9. The molecule has 0 aromatic carbocycles. The Kier molecular flexibility index (Phi) is 6.32. The number of halogens is 1. The molecule has 1 unspecified atom stereocenters. The predicted molar refractivity (Wildman–Crippen MR) is 54.4 cm³/mol. The summed E-state index contributed by atoms with van der Waals surface area (Å²) in [6.45, 7) is 1.56. The van der Waals surface area contributed by atoms with Gasteiger partial charge in [-0.1, -0.05) is 22.6 Å². The van der Waals surface area contributed by atoms with Crippen LogP contribution in [-0.2, 0) is 14.3 Å². The van der Waals surface area contributed by atoms with Gasteiger partial charge in [0.2, 0.25) is 0 Å². The Morgan fingerprint density at radius 2 is 2.08 bits per heavy atom. The third-order valence-electron chi connectivity index (χ3n) is 1.44. The lowest BCUT2D eigenvalue weighted by atomic mass is 10.1. The van der Waals surface area contributed by atoms with Crippen molar-refractivity contribution in [2.45, 2.75) is 30.1 Å². The molecule has 0 aliphatic heterocycles. The number of methoxy groups -OCH3 is 1. The second kappa shape index (κ2) is 6.39. The number of hydrogen-bond donors (Lipinski definition) is 0. The Bertz CT molecular complexity index is 168. The van der Waals surface area contributed by atoms with Gasteiger partial charge in [0.1, 0.15) is 9.71 Å². The molecule has 0 spiro atoms. The number of alkyl halides is 1. The Morgan fingerprint density at radius 1 is 1.50 bits per heavy atom. The van der Waals surface area contributed by atoms with E-state index in [1.165, 1.54) is 7.11 Å². The second-order valence-electron chi connectivity index (χ2n) is 2.58. The van der Waals surface area contributed by atoms with Gasteiger partial charge in [-0.25, -0.2) is 0 Å². The molecule has 0 N–H and O–H groups in total. The van der Waals surface area contributed by atoms with Gasteiger partial charge in [-0.15, -0.1) is 0 Å². The van der Waals surface area contributed by atoms with Crippen LogP contribution in [0.2, 0.25) is 0 Å². The molecular weight excluding hydrogens is 271 g/mol. The zero-order valence-electron chi connectivity index (χ0n) is 7.30. The zero-order chi connectivity index (χ0) is 9.56. The summed E-state index contributed by atoms with van der Waals surface area (Å²) in [5, 5.41) is 0. The summed E-state index contributed by atoms with van der Waals surface area (Å²) in [5.41, 5.74) is 0. The fourth-order valence-electron chi connectivity index (χ4n) is 0.776. The van der Waals surface area contributed by atoms with Crippen molar-refractivity contribution in [2.24, 2.45) is 0 Å². The topological polar surface area (TPSA) is 43.4 Å². The van der Waals surface area contributed by atoms with Gasteiger partial charge in [0.05, 0.1) is 7.11 Å². The number of Topliss-reactive ketones (excluding diaryl/α,β-unsaturated/α-hetero) is 1. The Hall–Kier alpha value is -0.130. The fourth-order valence-corrected chi connectivity index (χ4v) is 1.47. The van der Waals surface area contributed by atoms with Gasteiger partial charge in [-0.2, -0.15) is 0 Å². The highest BCUT2D eigenvalue weighted by atomic mass is 127. The third-order valence-corrected chi connectivity index (χ3v) is 2.57. The van der Waals surface area contributed by atoms with E-state index in [0.717, 1.165) is 6.42 Å². The molecule has 4 heteroatoms. The smallest absolute Gasteiger partial charge is 0.318 e. The highest BCUT2D eigenvalue weighted by Gasteiger charge is 2.14. The minimum Gasteiger partial charge on any atom is -0.468 e. The van der Waals surface area contributed by atoms with E-state index in [1.807, 2.05) is 22.6 Å². The van der Waals surface area contributed by atoms with Crippen LogP contribution in [0.4, 0.5) is 0 Å². The van der Waals surface area contributed by atoms with Crippen molar-refractivity contribution in [1.82, 2.24) is 0 Å². The van der Waals surface area contributed by atoms with Crippen LogP contribution >= 0.6 is 22.6 Å². The summed E-state index contributed by atoms with van der Waals surface area (Å²) in [4.78, 5) is 21.4. The number of ketones is 1. The first-order valence-electron chi connectivity index (χ1n) is 3.79. The molecule has 0 bridgehead atoms. The molecule has 0 aliphatic rings. The molecular formula is C8H13IO3.